The summed E-state index contributed by atoms with van der Waals surface area (Å²) in [6, 6.07) is -1.30. The minimum absolute atomic E-state index is 0.324. The van der Waals surface area contributed by atoms with E-state index in [1.54, 1.807) is 0 Å². The van der Waals surface area contributed by atoms with Crippen molar-refractivity contribution in [1.29, 1.82) is 0 Å². The van der Waals surface area contributed by atoms with E-state index in [-0.39, 0.29) is 0 Å². The number of hydrogen-bond acceptors (Lipinski definition) is 2. The molecule has 0 aliphatic heterocycles. The molecule has 0 rings (SSSR count). The summed E-state index contributed by atoms with van der Waals surface area (Å²) in [6.45, 7) is 5.61. The van der Waals surface area contributed by atoms with Crippen LogP contribution in [0.2, 0.25) is 0 Å². The van der Waals surface area contributed by atoms with Crippen LogP contribution in [0.1, 0.15) is 19.8 Å². The number of rotatable bonds is 6. The standard InChI is InChI=1S/C9H16N2O3/c1-3-5-7(8(12)13)11-9(14)10-6-4-2/h4,7H,2-3,5-6H2,1H3,(H,12,13)(H2,10,11,14)/t7-/m1/s1. The number of carbonyl (C=O) groups is 2. The molecule has 0 radical (unpaired) electrons. The molecule has 0 aliphatic rings. The molecule has 0 spiro atoms. The first-order valence-corrected chi connectivity index (χ1v) is 4.49. The smallest absolute Gasteiger partial charge is 0.326 e. The highest BCUT2D eigenvalue weighted by Gasteiger charge is 2.17. The largest absolute Gasteiger partial charge is 0.480 e. The van der Waals surface area contributed by atoms with E-state index >= 15 is 0 Å². The average Bonchev–Trinajstić information content (AvgIpc) is 2.14. The molecule has 0 aliphatic carbocycles. The number of nitrogens with one attached hydrogen (secondary N) is 2. The number of carbonyl (C=O) groups excluding carboxylic acids is 1. The molecular weight excluding hydrogens is 184 g/mol. The number of amides is 2. The van der Waals surface area contributed by atoms with Crippen molar-refractivity contribution < 1.29 is 14.7 Å². The van der Waals surface area contributed by atoms with Crippen molar-refractivity contribution in [3.05, 3.63) is 12.7 Å². The van der Waals surface area contributed by atoms with Gasteiger partial charge in [0.25, 0.3) is 0 Å². The fourth-order valence-corrected chi connectivity index (χ4v) is 0.920. The molecule has 0 saturated carbocycles. The van der Waals surface area contributed by atoms with Gasteiger partial charge in [-0.3, -0.25) is 0 Å². The van der Waals surface area contributed by atoms with Crippen LogP contribution in [0, 0.1) is 0 Å². The van der Waals surface area contributed by atoms with E-state index in [1.807, 2.05) is 6.92 Å². The van der Waals surface area contributed by atoms with Gasteiger partial charge in [-0.2, -0.15) is 0 Å². The summed E-state index contributed by atoms with van der Waals surface area (Å²) < 4.78 is 0. The third-order valence-corrected chi connectivity index (χ3v) is 1.59. The van der Waals surface area contributed by atoms with Crippen molar-refractivity contribution in [2.75, 3.05) is 6.54 Å². The van der Waals surface area contributed by atoms with Crippen molar-refractivity contribution in [2.24, 2.45) is 0 Å². The highest BCUT2D eigenvalue weighted by atomic mass is 16.4. The normalized spacial score (nSPS) is 11.5. The van der Waals surface area contributed by atoms with Crippen molar-refractivity contribution in [2.45, 2.75) is 25.8 Å². The van der Waals surface area contributed by atoms with Crippen LogP contribution in [-0.4, -0.2) is 29.7 Å². The first kappa shape index (κ1) is 12.5. The quantitative estimate of drug-likeness (QED) is 0.553. The molecule has 0 unspecified atom stereocenters. The van der Waals surface area contributed by atoms with E-state index in [0.717, 1.165) is 0 Å². The average molecular weight is 200 g/mol. The van der Waals surface area contributed by atoms with Gasteiger partial charge >= 0.3 is 12.0 Å². The van der Waals surface area contributed by atoms with Crippen molar-refractivity contribution in [3.8, 4) is 0 Å². The Morgan fingerprint density at radius 3 is 2.64 bits per heavy atom. The van der Waals surface area contributed by atoms with Crippen LogP contribution in [-0.2, 0) is 4.79 Å². The van der Waals surface area contributed by atoms with Gasteiger partial charge in [0.15, 0.2) is 0 Å². The molecular formula is C9H16N2O3. The summed E-state index contributed by atoms with van der Waals surface area (Å²) in [6.07, 6.45) is 2.66. The predicted octanol–water partition coefficient (Wildman–Crippen LogP) is 0.725. The number of carboxylic acids is 1. The summed E-state index contributed by atoms with van der Waals surface area (Å²) in [7, 11) is 0. The zero-order chi connectivity index (χ0) is 11.0. The molecule has 3 N–H and O–H groups in total. The molecule has 0 aromatic rings. The molecule has 0 bridgehead atoms. The highest BCUT2D eigenvalue weighted by molar-refractivity contribution is 5.82. The van der Waals surface area contributed by atoms with E-state index in [1.165, 1.54) is 6.08 Å². The topological polar surface area (TPSA) is 78.4 Å². The molecule has 0 saturated heterocycles. The Balaban J connectivity index is 3.95. The summed E-state index contributed by atoms with van der Waals surface area (Å²) in [5, 5.41) is 13.5. The molecule has 80 valence electrons. The number of aliphatic carboxylic acids is 1. The minimum Gasteiger partial charge on any atom is -0.480 e. The van der Waals surface area contributed by atoms with Gasteiger partial charge < -0.3 is 15.7 Å². The lowest BCUT2D eigenvalue weighted by atomic mass is 10.2. The first-order chi connectivity index (χ1) is 6.61. The fraction of sp³-hybridized carbons (Fsp3) is 0.556. The van der Waals surface area contributed by atoms with Crippen LogP contribution in [0.15, 0.2) is 12.7 Å². The first-order valence-electron chi connectivity index (χ1n) is 4.49. The van der Waals surface area contributed by atoms with E-state index < -0.39 is 18.0 Å². The SMILES string of the molecule is C=CCNC(=O)N[C@H](CCC)C(=O)O. The third kappa shape index (κ3) is 5.18. The third-order valence-electron chi connectivity index (χ3n) is 1.59. The van der Waals surface area contributed by atoms with E-state index in [2.05, 4.69) is 17.2 Å². The minimum atomic E-state index is -1.01. The van der Waals surface area contributed by atoms with Gasteiger partial charge in [0.1, 0.15) is 6.04 Å². The maximum absolute atomic E-state index is 11.1. The van der Waals surface area contributed by atoms with E-state index in [0.29, 0.717) is 19.4 Å². The highest BCUT2D eigenvalue weighted by Crippen LogP contribution is 1.96. The Morgan fingerprint density at radius 1 is 1.57 bits per heavy atom. The van der Waals surface area contributed by atoms with E-state index in [9.17, 15) is 9.59 Å². The maximum Gasteiger partial charge on any atom is 0.326 e. The number of urea groups is 1. The van der Waals surface area contributed by atoms with Crippen LogP contribution in [0.4, 0.5) is 4.79 Å². The lowest BCUT2D eigenvalue weighted by Gasteiger charge is -2.13. The molecule has 1 atom stereocenters. The zero-order valence-electron chi connectivity index (χ0n) is 8.25. The summed E-state index contributed by atoms with van der Waals surface area (Å²) in [4.78, 5) is 21.7. The van der Waals surface area contributed by atoms with Crippen LogP contribution >= 0.6 is 0 Å². The Kier molecular flexibility index (Phi) is 6.19. The molecule has 0 heterocycles. The molecule has 14 heavy (non-hydrogen) atoms. The lowest BCUT2D eigenvalue weighted by molar-refractivity contribution is -0.139. The second-order valence-electron chi connectivity index (χ2n) is 2.82. The van der Waals surface area contributed by atoms with Crippen LogP contribution < -0.4 is 10.6 Å². The van der Waals surface area contributed by atoms with Gasteiger partial charge in [0.05, 0.1) is 0 Å². The fourth-order valence-electron chi connectivity index (χ4n) is 0.920. The summed E-state index contributed by atoms with van der Waals surface area (Å²) >= 11 is 0. The van der Waals surface area contributed by atoms with Crippen molar-refractivity contribution >= 4 is 12.0 Å². The van der Waals surface area contributed by atoms with Crippen LogP contribution in [0.5, 0.6) is 0 Å². The van der Waals surface area contributed by atoms with Crippen LogP contribution in [0.25, 0.3) is 0 Å². The summed E-state index contributed by atoms with van der Waals surface area (Å²) in [5.41, 5.74) is 0. The molecule has 5 heteroatoms. The maximum atomic E-state index is 11.1. The molecule has 5 nitrogen and oxygen atoms in total. The van der Waals surface area contributed by atoms with Gasteiger partial charge in [-0.15, -0.1) is 6.58 Å². The zero-order valence-corrected chi connectivity index (χ0v) is 8.25. The predicted molar refractivity (Wildman–Crippen MR) is 53.1 cm³/mol. The van der Waals surface area contributed by atoms with Crippen molar-refractivity contribution in [1.82, 2.24) is 10.6 Å². The molecule has 0 aromatic carbocycles. The Morgan fingerprint density at radius 2 is 2.21 bits per heavy atom. The van der Waals surface area contributed by atoms with Gasteiger partial charge in [0.2, 0.25) is 0 Å². The second-order valence-corrected chi connectivity index (χ2v) is 2.82. The van der Waals surface area contributed by atoms with Crippen LogP contribution in [0.3, 0.4) is 0 Å². The molecule has 0 fully saturated rings. The monoisotopic (exact) mass is 200 g/mol. The summed E-state index contributed by atoms with van der Waals surface area (Å²) in [5.74, 6) is -1.01. The Hall–Kier alpha value is -1.52. The number of carboxylic acid groups (broad SMARTS) is 1. The van der Waals surface area contributed by atoms with Crippen molar-refractivity contribution in [3.63, 3.8) is 0 Å². The van der Waals surface area contributed by atoms with Gasteiger partial charge in [-0.1, -0.05) is 19.4 Å². The second kappa shape index (κ2) is 6.94. The van der Waals surface area contributed by atoms with E-state index in [4.69, 9.17) is 5.11 Å². The molecule has 2 amide bonds. The Labute approximate surface area is 83.2 Å². The van der Waals surface area contributed by atoms with Gasteiger partial charge in [-0.25, -0.2) is 9.59 Å². The number of hydrogen-bond donors (Lipinski definition) is 3. The van der Waals surface area contributed by atoms with Gasteiger partial charge in [0, 0.05) is 6.54 Å². The molecule has 0 aromatic heterocycles. The van der Waals surface area contributed by atoms with Gasteiger partial charge in [-0.05, 0) is 6.42 Å². The Bertz CT molecular complexity index is 216. The lowest BCUT2D eigenvalue weighted by Crippen LogP contribution is -2.45.